The number of nitrogens with zero attached hydrogens (tertiary/aromatic N) is 1. The maximum absolute atomic E-state index is 12.3. The second kappa shape index (κ2) is 9.91. The normalized spacial score (nSPS) is 12.0. The Morgan fingerprint density at radius 1 is 1.00 bits per heavy atom. The summed E-state index contributed by atoms with van der Waals surface area (Å²) < 4.78 is 53.4. The van der Waals surface area contributed by atoms with Gasteiger partial charge < -0.3 is 10.1 Å². The van der Waals surface area contributed by atoms with E-state index in [1.165, 1.54) is 26.2 Å². The number of nitrogens with two attached hydrogens (primary N) is 1. The molecule has 0 fully saturated rings. The van der Waals surface area contributed by atoms with Gasteiger partial charge in [0.25, 0.3) is 5.91 Å². The first-order valence-corrected chi connectivity index (χ1v) is 12.5. The SMILES string of the molecule is CN(C)S(=O)(=O)c1ccc(Cl)c(NC(=O)COC(=O)c2cc(S(N)(=O)=O)c(Cl)cc2Cl)c1. The van der Waals surface area contributed by atoms with Crippen LogP contribution in [0.25, 0.3) is 0 Å². The van der Waals surface area contributed by atoms with Gasteiger partial charge in [-0.2, -0.15) is 0 Å². The van der Waals surface area contributed by atoms with E-state index in [1.54, 1.807) is 0 Å². The Morgan fingerprint density at radius 3 is 2.19 bits per heavy atom. The topological polar surface area (TPSA) is 153 Å². The second-order valence-corrected chi connectivity index (χ2v) is 11.3. The van der Waals surface area contributed by atoms with Gasteiger partial charge in [-0.3, -0.25) is 4.79 Å². The van der Waals surface area contributed by atoms with Crippen LogP contribution < -0.4 is 10.5 Å². The van der Waals surface area contributed by atoms with E-state index in [2.05, 4.69) is 5.32 Å². The minimum atomic E-state index is -4.25. The van der Waals surface area contributed by atoms with Crippen molar-refractivity contribution in [3.8, 4) is 0 Å². The van der Waals surface area contributed by atoms with Gasteiger partial charge in [0.15, 0.2) is 6.61 Å². The molecule has 0 saturated carbocycles. The minimum Gasteiger partial charge on any atom is -0.452 e. The Balaban J connectivity index is 2.17. The zero-order chi connectivity index (χ0) is 24.4. The smallest absolute Gasteiger partial charge is 0.340 e. The van der Waals surface area contributed by atoms with Gasteiger partial charge in [0.05, 0.1) is 31.2 Å². The van der Waals surface area contributed by atoms with E-state index in [4.69, 9.17) is 44.7 Å². The summed E-state index contributed by atoms with van der Waals surface area (Å²) in [6, 6.07) is 5.51. The Morgan fingerprint density at radius 2 is 1.62 bits per heavy atom. The van der Waals surface area contributed by atoms with Crippen molar-refractivity contribution in [3.05, 3.63) is 51.0 Å². The van der Waals surface area contributed by atoms with Crippen LogP contribution >= 0.6 is 34.8 Å². The standard InChI is InChI=1S/C17H16Cl3N3O7S2/c1-23(2)32(28,29)9-3-4-11(18)14(5-9)22-16(24)8-30-17(25)10-6-15(31(21,26)27)13(20)7-12(10)19/h3-7H,8H2,1-2H3,(H,22,24)(H2,21,26,27). The number of ether oxygens (including phenoxy) is 1. The summed E-state index contributed by atoms with van der Waals surface area (Å²) in [7, 11) is -5.36. The molecule has 15 heteroatoms. The van der Waals surface area contributed by atoms with Crippen LogP contribution in [-0.2, 0) is 29.6 Å². The Labute approximate surface area is 199 Å². The third-order valence-corrected chi connectivity index (χ3v) is 7.70. The molecule has 2 rings (SSSR count). The highest BCUT2D eigenvalue weighted by Gasteiger charge is 2.22. The van der Waals surface area contributed by atoms with Crippen molar-refractivity contribution in [2.24, 2.45) is 5.14 Å². The summed E-state index contributed by atoms with van der Waals surface area (Å²) >= 11 is 17.7. The van der Waals surface area contributed by atoms with E-state index >= 15 is 0 Å². The van der Waals surface area contributed by atoms with Gasteiger partial charge in [-0.05, 0) is 30.3 Å². The summed E-state index contributed by atoms with van der Waals surface area (Å²) in [6.07, 6.45) is 0. The number of amides is 1. The van der Waals surface area contributed by atoms with Gasteiger partial charge in [-0.1, -0.05) is 34.8 Å². The molecule has 0 spiro atoms. The van der Waals surface area contributed by atoms with Gasteiger partial charge >= 0.3 is 5.97 Å². The quantitative estimate of drug-likeness (QED) is 0.507. The number of rotatable bonds is 7. The number of carbonyl (C=O) groups excluding carboxylic acids is 2. The molecule has 0 aliphatic heterocycles. The third-order valence-electron chi connectivity index (χ3n) is 3.87. The Hall–Kier alpha value is -1.93. The molecule has 32 heavy (non-hydrogen) atoms. The van der Waals surface area contributed by atoms with Gasteiger partial charge in [-0.15, -0.1) is 0 Å². The highest BCUT2D eigenvalue weighted by molar-refractivity contribution is 7.89. The highest BCUT2D eigenvalue weighted by atomic mass is 35.5. The zero-order valence-corrected chi connectivity index (χ0v) is 20.3. The molecular weight excluding hydrogens is 529 g/mol. The monoisotopic (exact) mass is 543 g/mol. The zero-order valence-electron chi connectivity index (χ0n) is 16.4. The number of halogens is 3. The van der Waals surface area contributed by atoms with E-state index in [9.17, 15) is 26.4 Å². The fraction of sp³-hybridized carbons (Fsp3) is 0.176. The fourth-order valence-electron chi connectivity index (χ4n) is 2.27. The van der Waals surface area contributed by atoms with Crippen LogP contribution in [0.2, 0.25) is 15.1 Å². The lowest BCUT2D eigenvalue weighted by molar-refractivity contribution is -0.119. The predicted molar refractivity (Wildman–Crippen MR) is 119 cm³/mol. The van der Waals surface area contributed by atoms with Crippen molar-refractivity contribution in [2.45, 2.75) is 9.79 Å². The fourth-order valence-corrected chi connectivity index (χ4v) is 4.76. The molecule has 0 radical (unpaired) electrons. The number of carbonyl (C=O) groups is 2. The molecule has 0 atom stereocenters. The molecule has 0 unspecified atom stereocenters. The molecule has 1 amide bonds. The molecule has 0 aromatic heterocycles. The van der Waals surface area contributed by atoms with Gasteiger partial charge in [-0.25, -0.2) is 31.1 Å². The van der Waals surface area contributed by atoms with Crippen LogP contribution in [0.3, 0.4) is 0 Å². The summed E-state index contributed by atoms with van der Waals surface area (Å²) in [5.74, 6) is -1.97. The van der Waals surface area contributed by atoms with Gasteiger partial charge in [0.2, 0.25) is 20.0 Å². The van der Waals surface area contributed by atoms with E-state index in [0.29, 0.717) is 0 Å². The molecule has 174 valence electrons. The molecule has 0 bridgehead atoms. The molecule has 2 aromatic carbocycles. The number of sulfonamides is 2. The van der Waals surface area contributed by atoms with Crippen molar-refractivity contribution < 1.29 is 31.2 Å². The van der Waals surface area contributed by atoms with E-state index < -0.39 is 43.4 Å². The molecule has 10 nitrogen and oxygen atoms in total. The van der Waals surface area contributed by atoms with Gasteiger partial charge in [0.1, 0.15) is 4.90 Å². The van der Waals surface area contributed by atoms with Crippen molar-refractivity contribution in [1.82, 2.24) is 4.31 Å². The number of esters is 1. The summed E-state index contributed by atoms with van der Waals surface area (Å²) in [4.78, 5) is 23.8. The number of primary sulfonamides is 1. The summed E-state index contributed by atoms with van der Waals surface area (Å²) in [5.41, 5.74) is -0.415. The van der Waals surface area contributed by atoms with Crippen molar-refractivity contribution >= 4 is 72.4 Å². The van der Waals surface area contributed by atoms with Crippen LogP contribution in [0.15, 0.2) is 40.1 Å². The van der Waals surface area contributed by atoms with Crippen LogP contribution in [0.1, 0.15) is 10.4 Å². The lowest BCUT2D eigenvalue weighted by Gasteiger charge is -2.14. The summed E-state index contributed by atoms with van der Waals surface area (Å²) in [6.45, 7) is -0.816. The predicted octanol–water partition coefficient (Wildman–Crippen LogP) is 2.34. The highest BCUT2D eigenvalue weighted by Crippen LogP contribution is 2.29. The van der Waals surface area contributed by atoms with Gasteiger partial charge in [0, 0.05) is 14.1 Å². The Bertz CT molecular complexity index is 1300. The first kappa shape index (κ1) is 26.3. The first-order valence-electron chi connectivity index (χ1n) is 8.35. The maximum Gasteiger partial charge on any atom is 0.340 e. The number of benzene rings is 2. The van der Waals surface area contributed by atoms with Crippen molar-refractivity contribution in [3.63, 3.8) is 0 Å². The number of hydrogen-bond acceptors (Lipinski definition) is 7. The third kappa shape index (κ3) is 6.10. The molecule has 2 aromatic rings. The molecule has 0 aliphatic carbocycles. The second-order valence-electron chi connectivity index (χ2n) is 6.36. The van der Waals surface area contributed by atoms with Crippen LogP contribution in [0, 0.1) is 0 Å². The van der Waals surface area contributed by atoms with E-state index in [0.717, 1.165) is 22.5 Å². The van der Waals surface area contributed by atoms with Crippen LogP contribution in [-0.4, -0.2) is 53.7 Å². The van der Waals surface area contributed by atoms with E-state index in [-0.39, 0.29) is 31.2 Å². The van der Waals surface area contributed by atoms with Crippen molar-refractivity contribution in [2.75, 3.05) is 26.0 Å². The van der Waals surface area contributed by atoms with Crippen molar-refractivity contribution in [1.29, 1.82) is 0 Å². The number of nitrogens with one attached hydrogen (secondary N) is 1. The maximum atomic E-state index is 12.3. The molecule has 0 aliphatic rings. The molecular formula is C17H16Cl3N3O7S2. The largest absolute Gasteiger partial charge is 0.452 e. The number of hydrogen-bond donors (Lipinski definition) is 2. The molecule has 0 saturated heterocycles. The summed E-state index contributed by atoms with van der Waals surface area (Å²) in [5, 5.41) is 6.88. The minimum absolute atomic E-state index is 0.0309. The molecule has 3 N–H and O–H groups in total. The van der Waals surface area contributed by atoms with Crippen LogP contribution in [0.5, 0.6) is 0 Å². The molecule has 0 heterocycles. The average molecular weight is 545 g/mol. The number of anilines is 1. The lowest BCUT2D eigenvalue weighted by atomic mass is 10.2. The first-order chi connectivity index (χ1) is 14.6. The van der Waals surface area contributed by atoms with E-state index in [1.807, 2.05) is 0 Å². The average Bonchev–Trinajstić information content (AvgIpc) is 2.66. The van der Waals surface area contributed by atoms with Crippen LogP contribution in [0.4, 0.5) is 5.69 Å². The Kier molecular flexibility index (Phi) is 8.15. The lowest BCUT2D eigenvalue weighted by Crippen LogP contribution is -2.23.